The number of benzene rings is 2. The molecule has 0 saturated carbocycles. The summed E-state index contributed by atoms with van der Waals surface area (Å²) in [6.07, 6.45) is 1.75. The van der Waals surface area contributed by atoms with Crippen LogP contribution in [-0.4, -0.2) is 30.9 Å². The third-order valence-electron chi connectivity index (χ3n) is 3.48. The van der Waals surface area contributed by atoms with E-state index in [9.17, 15) is 21.2 Å². The van der Waals surface area contributed by atoms with E-state index in [4.69, 9.17) is 13.5 Å². The van der Waals surface area contributed by atoms with Gasteiger partial charge in [-0.15, -0.1) is 6.58 Å². The van der Waals surface area contributed by atoms with Crippen molar-refractivity contribution >= 4 is 31.9 Å². The monoisotopic (exact) mass is 445 g/mol. The van der Waals surface area contributed by atoms with E-state index in [1.165, 1.54) is 24.3 Å². The summed E-state index contributed by atoms with van der Waals surface area (Å²) in [5, 5.41) is 0. The summed E-state index contributed by atoms with van der Waals surface area (Å²) >= 11 is 0. The minimum Gasteiger partial charge on any atom is -0.436 e. The highest BCUT2D eigenvalue weighted by Gasteiger charge is 2.18. The van der Waals surface area contributed by atoms with Crippen molar-refractivity contribution in [2.24, 2.45) is 0 Å². The predicted molar refractivity (Wildman–Crippen MR) is 97.7 cm³/mol. The largest absolute Gasteiger partial charge is 0.446 e. The molecule has 0 aliphatic heterocycles. The number of nitrogens with zero attached hydrogens (tertiary/aromatic N) is 1. The lowest BCUT2D eigenvalue weighted by Gasteiger charge is -2.04. The highest BCUT2D eigenvalue weighted by atomic mass is 32.3. The van der Waals surface area contributed by atoms with Gasteiger partial charge in [0.2, 0.25) is 5.89 Å². The van der Waals surface area contributed by atoms with Crippen LogP contribution in [0, 0.1) is 5.82 Å². The first-order chi connectivity index (χ1) is 13.4. The summed E-state index contributed by atoms with van der Waals surface area (Å²) in [5.41, 5.74) is 0.919. The Kier molecular flexibility index (Phi) is 5.32. The molecule has 0 radical (unpaired) electrons. The van der Waals surface area contributed by atoms with Crippen molar-refractivity contribution in [2.75, 3.05) is 0 Å². The predicted octanol–water partition coefficient (Wildman–Crippen LogP) is 2.73. The normalized spacial score (nSPS) is 12.1. The second-order valence-electron chi connectivity index (χ2n) is 5.61. The van der Waals surface area contributed by atoms with Crippen LogP contribution in [0.15, 0.2) is 47.4 Å². The average molecular weight is 445 g/mol. The van der Waals surface area contributed by atoms with Crippen molar-refractivity contribution in [3.05, 3.63) is 54.4 Å². The third kappa shape index (κ3) is 5.08. The number of allylic oxidation sites excluding steroid dienone is 1. The number of hydrogen-bond donors (Lipinski definition) is 2. The van der Waals surface area contributed by atoms with Gasteiger partial charge in [0.25, 0.3) is 0 Å². The molecule has 2 aromatic carbocycles. The van der Waals surface area contributed by atoms with E-state index < -0.39 is 32.4 Å². The standard InChI is InChI=1S/C16H12FNO9S2/c1-2-3-9-6-11(26-28(19,20)21)8-13-15(9)25-16(18-13)10-4-5-14(12(17)7-10)27-29(22,23)24/h2,4-8H,1,3H2,(H,19,20,21)(H,22,23,24). The number of rotatable bonds is 7. The molecule has 1 heterocycles. The minimum atomic E-state index is -4.90. The first kappa shape index (κ1) is 20.7. The fourth-order valence-corrected chi connectivity index (χ4v) is 3.19. The van der Waals surface area contributed by atoms with Crippen molar-refractivity contribution in [1.82, 2.24) is 4.98 Å². The maximum atomic E-state index is 14.1. The fourth-order valence-electron chi connectivity index (χ4n) is 2.49. The van der Waals surface area contributed by atoms with Crippen LogP contribution in [0.4, 0.5) is 4.39 Å². The van der Waals surface area contributed by atoms with E-state index >= 15 is 0 Å². The third-order valence-corrected chi connectivity index (χ3v) is 4.27. The van der Waals surface area contributed by atoms with Gasteiger partial charge in [-0.2, -0.15) is 16.8 Å². The molecule has 13 heteroatoms. The summed E-state index contributed by atoms with van der Waals surface area (Å²) in [6.45, 7) is 3.58. The molecule has 3 rings (SSSR count). The zero-order valence-corrected chi connectivity index (χ0v) is 15.9. The first-order valence-corrected chi connectivity index (χ1v) is 10.4. The van der Waals surface area contributed by atoms with Crippen LogP contribution in [0.2, 0.25) is 0 Å². The lowest BCUT2D eigenvalue weighted by Crippen LogP contribution is -2.07. The van der Waals surface area contributed by atoms with Gasteiger partial charge < -0.3 is 12.8 Å². The highest BCUT2D eigenvalue weighted by Crippen LogP contribution is 2.32. The second kappa shape index (κ2) is 7.44. The molecule has 29 heavy (non-hydrogen) atoms. The summed E-state index contributed by atoms with van der Waals surface area (Å²) < 4.78 is 89.1. The lowest BCUT2D eigenvalue weighted by molar-refractivity contribution is 0.376. The van der Waals surface area contributed by atoms with Crippen LogP contribution in [-0.2, 0) is 27.2 Å². The average Bonchev–Trinajstić information content (AvgIpc) is 2.98. The Morgan fingerprint density at radius 2 is 1.79 bits per heavy atom. The molecule has 2 N–H and O–H groups in total. The Morgan fingerprint density at radius 1 is 1.10 bits per heavy atom. The van der Waals surface area contributed by atoms with E-state index in [2.05, 4.69) is 19.9 Å². The number of oxazole rings is 1. The Labute approximate surface area is 164 Å². The van der Waals surface area contributed by atoms with Crippen LogP contribution >= 0.6 is 0 Å². The van der Waals surface area contributed by atoms with E-state index in [0.717, 1.165) is 12.1 Å². The van der Waals surface area contributed by atoms with Gasteiger partial charge >= 0.3 is 20.8 Å². The fraction of sp³-hybridized carbons (Fsp3) is 0.0625. The Balaban J connectivity index is 2.08. The number of fused-ring (bicyclic) bond motifs is 1. The van der Waals surface area contributed by atoms with Gasteiger partial charge in [-0.1, -0.05) is 6.08 Å². The van der Waals surface area contributed by atoms with Crippen molar-refractivity contribution in [2.45, 2.75) is 6.42 Å². The molecule has 154 valence electrons. The summed E-state index contributed by atoms with van der Waals surface area (Å²) in [6, 6.07) is 5.54. The topological polar surface area (TPSA) is 153 Å². The summed E-state index contributed by atoms with van der Waals surface area (Å²) in [7, 11) is -9.67. The molecule has 0 spiro atoms. The molecule has 0 bridgehead atoms. The molecule has 0 aliphatic carbocycles. The van der Waals surface area contributed by atoms with E-state index in [1.54, 1.807) is 0 Å². The molecule has 10 nitrogen and oxygen atoms in total. The molecule has 0 aliphatic rings. The highest BCUT2D eigenvalue weighted by molar-refractivity contribution is 7.81. The van der Waals surface area contributed by atoms with Gasteiger partial charge in [0.15, 0.2) is 17.1 Å². The molecular weight excluding hydrogens is 433 g/mol. The zero-order valence-electron chi connectivity index (χ0n) is 14.3. The van der Waals surface area contributed by atoms with Crippen molar-refractivity contribution in [3.63, 3.8) is 0 Å². The van der Waals surface area contributed by atoms with Crippen LogP contribution in [0.3, 0.4) is 0 Å². The minimum absolute atomic E-state index is 0.0772. The number of halogens is 1. The van der Waals surface area contributed by atoms with Gasteiger partial charge in [0.1, 0.15) is 11.3 Å². The molecule has 0 fully saturated rings. The first-order valence-electron chi connectivity index (χ1n) is 7.63. The van der Waals surface area contributed by atoms with Crippen molar-refractivity contribution < 1.29 is 43.1 Å². The molecule has 1 aromatic heterocycles. The SMILES string of the molecule is C=CCc1cc(OS(=O)(=O)O)cc2nc(-c3ccc(OS(=O)(=O)O)c(F)c3)oc12. The van der Waals surface area contributed by atoms with Gasteiger partial charge in [-0.3, -0.25) is 9.11 Å². The Bertz CT molecular complexity index is 1310. The quantitative estimate of drug-likeness (QED) is 0.410. The van der Waals surface area contributed by atoms with Crippen molar-refractivity contribution in [3.8, 4) is 23.0 Å². The van der Waals surface area contributed by atoms with E-state index in [-0.39, 0.29) is 34.7 Å². The Morgan fingerprint density at radius 3 is 2.38 bits per heavy atom. The zero-order chi connectivity index (χ0) is 21.4. The van der Waals surface area contributed by atoms with E-state index in [0.29, 0.717) is 5.56 Å². The van der Waals surface area contributed by atoms with Crippen LogP contribution in [0.25, 0.3) is 22.6 Å². The smallest absolute Gasteiger partial charge is 0.436 e. The van der Waals surface area contributed by atoms with Crippen molar-refractivity contribution in [1.29, 1.82) is 0 Å². The van der Waals surface area contributed by atoms with Gasteiger partial charge in [0.05, 0.1) is 0 Å². The maximum Gasteiger partial charge on any atom is 0.446 e. The second-order valence-corrected chi connectivity index (χ2v) is 7.65. The van der Waals surface area contributed by atoms with Gasteiger partial charge in [-0.05, 0) is 30.7 Å². The van der Waals surface area contributed by atoms with E-state index in [1.807, 2.05) is 0 Å². The summed E-state index contributed by atoms with van der Waals surface area (Å²) in [4.78, 5) is 4.13. The molecular formula is C16H12FNO9S2. The molecule has 0 saturated heterocycles. The van der Waals surface area contributed by atoms with Gasteiger partial charge in [0, 0.05) is 17.2 Å². The molecule has 0 unspecified atom stereocenters. The summed E-state index contributed by atoms with van der Waals surface area (Å²) in [5.74, 6) is -2.14. The lowest BCUT2D eigenvalue weighted by atomic mass is 10.1. The molecule has 0 amide bonds. The van der Waals surface area contributed by atoms with Crippen LogP contribution < -0.4 is 8.37 Å². The number of aromatic nitrogens is 1. The number of hydrogen-bond acceptors (Lipinski definition) is 8. The maximum absolute atomic E-state index is 14.1. The van der Waals surface area contributed by atoms with Crippen LogP contribution in [0.5, 0.6) is 11.5 Å². The molecule has 0 atom stereocenters. The Hall–Kier alpha value is -3.00. The van der Waals surface area contributed by atoms with Crippen LogP contribution in [0.1, 0.15) is 5.56 Å². The van der Waals surface area contributed by atoms with Gasteiger partial charge in [-0.25, -0.2) is 9.37 Å². The molecule has 3 aromatic rings.